The van der Waals surface area contributed by atoms with Gasteiger partial charge in [-0.15, -0.1) is 12.4 Å². The van der Waals surface area contributed by atoms with Crippen LogP contribution in [0, 0.1) is 19.8 Å². The lowest BCUT2D eigenvalue weighted by atomic mass is 9.78. The Balaban J connectivity index is 0.00000353. The molecule has 0 aromatic carbocycles. The van der Waals surface area contributed by atoms with Crippen LogP contribution in [0.1, 0.15) is 113 Å². The molecule has 1 spiro atoms. The van der Waals surface area contributed by atoms with Crippen molar-refractivity contribution in [3.63, 3.8) is 0 Å². The normalized spacial score (nSPS) is 25.6. The lowest BCUT2D eigenvalue weighted by Crippen LogP contribution is -2.75. The molecular formula is C30H50ClN5O3. The minimum absolute atomic E-state index is 0. The second-order valence-corrected chi connectivity index (χ2v) is 12.5. The third kappa shape index (κ3) is 5.89. The van der Waals surface area contributed by atoms with Gasteiger partial charge in [-0.25, -0.2) is 0 Å². The predicted octanol–water partition coefficient (Wildman–Crippen LogP) is 4.44. The lowest BCUT2D eigenvalue weighted by molar-refractivity contribution is -0.166. The Kier molecular flexibility index (Phi) is 10.0. The van der Waals surface area contributed by atoms with Crippen LogP contribution in [-0.4, -0.2) is 73.8 Å². The maximum atomic E-state index is 13.9. The van der Waals surface area contributed by atoms with E-state index in [1.807, 2.05) is 4.90 Å². The number of nitrogens with one attached hydrogen (secondary N) is 1. The quantitative estimate of drug-likeness (QED) is 0.488. The topological polar surface area (TPSA) is 90.7 Å². The monoisotopic (exact) mass is 563 g/mol. The highest BCUT2D eigenvalue weighted by Crippen LogP contribution is 2.37. The fourth-order valence-corrected chi connectivity index (χ4v) is 7.69. The summed E-state index contributed by atoms with van der Waals surface area (Å²) in [6.45, 7) is 9.41. The van der Waals surface area contributed by atoms with Gasteiger partial charge in [0, 0.05) is 37.4 Å². The summed E-state index contributed by atoms with van der Waals surface area (Å²) in [4.78, 5) is 31.9. The number of rotatable bonds is 8. The number of aryl methyl sites for hydroxylation is 1. The van der Waals surface area contributed by atoms with Gasteiger partial charge in [-0.05, 0) is 64.7 Å². The highest BCUT2D eigenvalue weighted by Gasteiger charge is 2.55. The number of halogens is 1. The lowest BCUT2D eigenvalue weighted by Gasteiger charge is -2.52. The maximum Gasteiger partial charge on any atom is 0.248 e. The molecule has 2 aliphatic carbocycles. The standard InChI is InChI=1S/C30H49N5O3.ClH/c1-4-5-17-34-28(37)26(27(36)23-11-7-6-8-12-23)31-29(38)30(34)15-18-33(19-16-30)20-25-21(2)32-35(22(25)3)24-13-9-10-14-24;/h23-24,26-27,36H,4-20H2,1-3H3,(H,31,38);1H/t26-,27-;/m1./s1. The van der Waals surface area contributed by atoms with Gasteiger partial charge in [0.2, 0.25) is 11.8 Å². The minimum atomic E-state index is -0.808. The molecule has 2 saturated carbocycles. The number of carbonyl (C=O) groups excluding carboxylic acids is 2. The van der Waals surface area contributed by atoms with Crippen molar-refractivity contribution in [1.29, 1.82) is 0 Å². The van der Waals surface area contributed by atoms with E-state index in [1.54, 1.807) is 0 Å². The Bertz CT molecular complexity index is 993. The number of carbonyl (C=O) groups is 2. The summed E-state index contributed by atoms with van der Waals surface area (Å²) >= 11 is 0. The Labute approximate surface area is 240 Å². The third-order valence-electron chi connectivity index (χ3n) is 10.2. The van der Waals surface area contributed by atoms with E-state index < -0.39 is 17.7 Å². The van der Waals surface area contributed by atoms with Crippen molar-refractivity contribution in [2.45, 2.75) is 135 Å². The number of hydrogen-bond donors (Lipinski definition) is 2. The molecule has 1 aromatic rings. The summed E-state index contributed by atoms with van der Waals surface area (Å²) in [7, 11) is 0. The average molecular weight is 564 g/mol. The second kappa shape index (κ2) is 12.9. The number of amides is 2. The summed E-state index contributed by atoms with van der Waals surface area (Å²) in [6, 6.07) is -0.272. The van der Waals surface area contributed by atoms with Gasteiger partial charge in [0.25, 0.3) is 0 Å². The van der Waals surface area contributed by atoms with Crippen LogP contribution in [0.15, 0.2) is 0 Å². The first-order valence-electron chi connectivity index (χ1n) is 15.4. The Morgan fingerprint density at radius 2 is 1.67 bits per heavy atom. The molecule has 2 amide bonds. The number of likely N-dealkylation sites (tertiary alicyclic amines) is 1. The zero-order valence-electron chi connectivity index (χ0n) is 24.3. The van der Waals surface area contributed by atoms with E-state index in [1.165, 1.54) is 43.4 Å². The molecule has 3 heterocycles. The molecule has 220 valence electrons. The fourth-order valence-electron chi connectivity index (χ4n) is 7.69. The zero-order valence-corrected chi connectivity index (χ0v) is 25.1. The van der Waals surface area contributed by atoms with E-state index in [4.69, 9.17) is 5.10 Å². The number of unbranched alkanes of at least 4 members (excludes halogenated alkanes) is 1. The number of piperazine rings is 1. The first-order valence-corrected chi connectivity index (χ1v) is 15.4. The van der Waals surface area contributed by atoms with E-state index in [-0.39, 0.29) is 30.1 Å². The zero-order chi connectivity index (χ0) is 26.9. The molecule has 0 bridgehead atoms. The number of aliphatic hydroxyl groups excluding tert-OH is 1. The second-order valence-electron chi connectivity index (χ2n) is 12.5. The molecule has 2 aliphatic heterocycles. The Morgan fingerprint density at radius 3 is 2.31 bits per heavy atom. The molecule has 4 fully saturated rings. The molecule has 1 aromatic heterocycles. The van der Waals surface area contributed by atoms with Gasteiger partial charge in [-0.1, -0.05) is 45.4 Å². The average Bonchev–Trinajstić information content (AvgIpc) is 3.56. The van der Waals surface area contributed by atoms with Gasteiger partial charge in [0.05, 0.1) is 17.8 Å². The van der Waals surface area contributed by atoms with Crippen LogP contribution < -0.4 is 5.32 Å². The van der Waals surface area contributed by atoms with Crippen molar-refractivity contribution in [1.82, 2.24) is 24.9 Å². The molecule has 9 heteroatoms. The molecular weight excluding hydrogens is 514 g/mol. The van der Waals surface area contributed by atoms with Crippen LogP contribution in [0.5, 0.6) is 0 Å². The molecule has 2 saturated heterocycles. The van der Waals surface area contributed by atoms with E-state index in [0.717, 1.165) is 63.9 Å². The summed E-state index contributed by atoms with van der Waals surface area (Å²) in [5, 5.41) is 19.1. The van der Waals surface area contributed by atoms with E-state index in [9.17, 15) is 14.7 Å². The van der Waals surface area contributed by atoms with Gasteiger partial charge < -0.3 is 15.3 Å². The van der Waals surface area contributed by atoms with Crippen molar-refractivity contribution in [3.05, 3.63) is 17.0 Å². The molecule has 5 rings (SSSR count). The van der Waals surface area contributed by atoms with Gasteiger partial charge in [-0.2, -0.15) is 5.10 Å². The molecule has 8 nitrogen and oxygen atoms in total. The summed E-state index contributed by atoms with van der Waals surface area (Å²) in [5.74, 6) is -0.0400. The van der Waals surface area contributed by atoms with Crippen molar-refractivity contribution in [2.75, 3.05) is 19.6 Å². The maximum absolute atomic E-state index is 13.9. The van der Waals surface area contributed by atoms with E-state index in [0.29, 0.717) is 25.4 Å². The van der Waals surface area contributed by atoms with Crippen LogP contribution in [0.2, 0.25) is 0 Å². The number of nitrogens with zero attached hydrogens (tertiary/aromatic N) is 4. The molecule has 0 unspecified atom stereocenters. The molecule has 0 radical (unpaired) electrons. The van der Waals surface area contributed by atoms with Crippen LogP contribution in [0.3, 0.4) is 0 Å². The summed E-state index contributed by atoms with van der Waals surface area (Å²) < 4.78 is 2.26. The van der Waals surface area contributed by atoms with Crippen molar-refractivity contribution < 1.29 is 14.7 Å². The van der Waals surface area contributed by atoms with Crippen molar-refractivity contribution in [3.8, 4) is 0 Å². The highest BCUT2D eigenvalue weighted by molar-refractivity contribution is 6.00. The smallest absolute Gasteiger partial charge is 0.248 e. The largest absolute Gasteiger partial charge is 0.390 e. The van der Waals surface area contributed by atoms with Gasteiger partial charge >= 0.3 is 0 Å². The number of aromatic nitrogens is 2. The van der Waals surface area contributed by atoms with Crippen LogP contribution >= 0.6 is 12.4 Å². The van der Waals surface area contributed by atoms with Crippen LogP contribution in [-0.2, 0) is 16.1 Å². The first-order chi connectivity index (χ1) is 18.4. The molecule has 4 aliphatic rings. The van der Waals surface area contributed by atoms with Crippen LogP contribution in [0.25, 0.3) is 0 Å². The Morgan fingerprint density at radius 1 is 1.03 bits per heavy atom. The number of aliphatic hydroxyl groups is 1. The fraction of sp³-hybridized carbons (Fsp3) is 0.833. The van der Waals surface area contributed by atoms with Crippen molar-refractivity contribution >= 4 is 24.2 Å². The summed E-state index contributed by atoms with van der Waals surface area (Å²) in [6.07, 6.45) is 12.6. The van der Waals surface area contributed by atoms with Gasteiger partial charge in [-0.3, -0.25) is 19.2 Å². The minimum Gasteiger partial charge on any atom is -0.390 e. The van der Waals surface area contributed by atoms with Gasteiger partial charge in [0.15, 0.2) is 0 Å². The van der Waals surface area contributed by atoms with Crippen molar-refractivity contribution in [2.24, 2.45) is 5.92 Å². The van der Waals surface area contributed by atoms with Gasteiger partial charge in [0.1, 0.15) is 11.6 Å². The molecule has 2 atom stereocenters. The first kappa shape index (κ1) is 30.3. The molecule has 2 N–H and O–H groups in total. The predicted molar refractivity (Wildman–Crippen MR) is 155 cm³/mol. The SMILES string of the molecule is CCCCN1C(=O)[C@@H]([C@H](O)C2CCCCC2)NC(=O)C12CCN(Cc1c(C)nn(C3CCCC3)c1C)CC2.Cl. The third-order valence-corrected chi connectivity index (χ3v) is 10.2. The molecule has 39 heavy (non-hydrogen) atoms. The Hall–Kier alpha value is -1.64. The number of piperidine rings is 1. The number of hydrogen-bond acceptors (Lipinski definition) is 5. The highest BCUT2D eigenvalue weighted by atomic mass is 35.5. The van der Waals surface area contributed by atoms with Crippen LogP contribution in [0.4, 0.5) is 0 Å². The van der Waals surface area contributed by atoms with E-state index in [2.05, 4.69) is 35.7 Å². The van der Waals surface area contributed by atoms with E-state index >= 15 is 0 Å². The summed E-state index contributed by atoms with van der Waals surface area (Å²) in [5.41, 5.74) is 2.91.